The van der Waals surface area contributed by atoms with Crippen LogP contribution in [-0.2, 0) is 19.1 Å². The maximum absolute atomic E-state index is 12.3. The van der Waals surface area contributed by atoms with Crippen molar-refractivity contribution in [1.82, 2.24) is 0 Å². The van der Waals surface area contributed by atoms with Crippen LogP contribution in [0.25, 0.3) is 0 Å². The molecule has 0 spiro atoms. The average Bonchev–Trinajstić information content (AvgIpc) is 3.28. The second kappa shape index (κ2) is 5.46. The Morgan fingerprint density at radius 2 is 1.93 bits per heavy atom. The SMILES string of the molecule is CC(=O)O[C@@H]1CC[C@@]2(C)C(=CC[C@H]3[C@@H]4C[C@@]5(C(C)=O)O[C@H]5[C@]4(C)CC[C@@H]32)C1. The van der Waals surface area contributed by atoms with Crippen molar-refractivity contribution < 1.29 is 19.1 Å². The summed E-state index contributed by atoms with van der Waals surface area (Å²) in [6, 6.07) is 0. The lowest BCUT2D eigenvalue weighted by atomic mass is 9.48. The van der Waals surface area contributed by atoms with Gasteiger partial charge in [-0.25, -0.2) is 0 Å². The fourth-order valence-corrected chi connectivity index (χ4v) is 7.76. The Hall–Kier alpha value is -1.16. The first-order valence-corrected chi connectivity index (χ1v) is 10.8. The molecular formula is C23H32O4. The Bertz CT molecular complexity index is 741. The Morgan fingerprint density at radius 3 is 2.63 bits per heavy atom. The smallest absolute Gasteiger partial charge is 0.302 e. The second-order valence-corrected chi connectivity index (χ2v) is 10.4. The largest absolute Gasteiger partial charge is 0.462 e. The van der Waals surface area contributed by atoms with Crippen LogP contribution in [0.5, 0.6) is 0 Å². The number of rotatable bonds is 2. The molecule has 4 aliphatic carbocycles. The maximum atomic E-state index is 12.3. The van der Waals surface area contributed by atoms with Crippen molar-refractivity contribution >= 4 is 11.8 Å². The highest BCUT2D eigenvalue weighted by molar-refractivity contribution is 5.89. The summed E-state index contributed by atoms with van der Waals surface area (Å²) in [5.74, 6) is 2.02. The molecule has 0 N–H and O–H groups in total. The fourth-order valence-electron chi connectivity index (χ4n) is 7.76. The molecule has 5 aliphatic rings. The molecule has 4 heteroatoms. The third kappa shape index (κ3) is 2.25. The minimum absolute atomic E-state index is 0.0562. The average molecular weight is 373 g/mol. The summed E-state index contributed by atoms with van der Waals surface area (Å²) in [5.41, 5.74) is 1.47. The number of carbonyl (C=O) groups is 2. The number of allylic oxidation sites excluding steroid dienone is 1. The highest BCUT2D eigenvalue weighted by Gasteiger charge is 2.77. The quantitative estimate of drug-likeness (QED) is 0.414. The zero-order chi connectivity index (χ0) is 19.2. The molecule has 5 rings (SSSR count). The topological polar surface area (TPSA) is 55.9 Å². The number of hydrogen-bond donors (Lipinski definition) is 0. The lowest BCUT2D eigenvalue weighted by molar-refractivity contribution is -0.148. The Morgan fingerprint density at radius 1 is 1.15 bits per heavy atom. The van der Waals surface area contributed by atoms with Gasteiger partial charge in [0.25, 0.3) is 0 Å². The first-order valence-electron chi connectivity index (χ1n) is 10.8. The van der Waals surface area contributed by atoms with Gasteiger partial charge in [0.05, 0.1) is 0 Å². The van der Waals surface area contributed by atoms with E-state index in [1.807, 2.05) is 0 Å². The van der Waals surface area contributed by atoms with Crippen LogP contribution in [0.2, 0.25) is 0 Å². The Kier molecular flexibility index (Phi) is 3.62. The summed E-state index contributed by atoms with van der Waals surface area (Å²) in [5, 5.41) is 0. The van der Waals surface area contributed by atoms with Crippen LogP contribution in [-0.4, -0.2) is 29.6 Å². The van der Waals surface area contributed by atoms with Gasteiger partial charge < -0.3 is 9.47 Å². The van der Waals surface area contributed by atoms with E-state index in [9.17, 15) is 9.59 Å². The Balaban J connectivity index is 1.42. The summed E-state index contributed by atoms with van der Waals surface area (Å²) in [6.07, 6.45) is 10.1. The summed E-state index contributed by atoms with van der Waals surface area (Å²) >= 11 is 0. The maximum Gasteiger partial charge on any atom is 0.302 e. The summed E-state index contributed by atoms with van der Waals surface area (Å²) in [7, 11) is 0. The van der Waals surface area contributed by atoms with E-state index in [0.717, 1.165) is 32.1 Å². The van der Waals surface area contributed by atoms with Crippen LogP contribution in [0.1, 0.15) is 72.6 Å². The molecule has 1 aliphatic heterocycles. The molecule has 8 atom stereocenters. The number of epoxide rings is 1. The van der Waals surface area contributed by atoms with Crippen molar-refractivity contribution in [3.63, 3.8) is 0 Å². The third-order valence-electron chi connectivity index (χ3n) is 9.24. The van der Waals surface area contributed by atoms with E-state index >= 15 is 0 Å². The minimum atomic E-state index is -0.452. The number of carbonyl (C=O) groups excluding carboxylic acids is 2. The predicted molar refractivity (Wildman–Crippen MR) is 101 cm³/mol. The molecule has 0 unspecified atom stereocenters. The first kappa shape index (κ1) is 17.9. The molecule has 1 heterocycles. The fraction of sp³-hybridized carbons (Fsp3) is 0.826. The van der Waals surface area contributed by atoms with Crippen LogP contribution in [0.15, 0.2) is 11.6 Å². The molecule has 148 valence electrons. The third-order valence-corrected chi connectivity index (χ3v) is 9.24. The van der Waals surface area contributed by atoms with Crippen molar-refractivity contribution in [3.05, 3.63) is 11.6 Å². The molecule has 27 heavy (non-hydrogen) atoms. The van der Waals surface area contributed by atoms with Crippen molar-refractivity contribution in [2.45, 2.75) is 90.4 Å². The van der Waals surface area contributed by atoms with E-state index in [2.05, 4.69) is 19.9 Å². The molecule has 0 radical (unpaired) electrons. The zero-order valence-electron chi connectivity index (χ0n) is 17.0. The van der Waals surface area contributed by atoms with E-state index in [0.29, 0.717) is 17.8 Å². The van der Waals surface area contributed by atoms with Gasteiger partial charge in [0.2, 0.25) is 0 Å². The van der Waals surface area contributed by atoms with E-state index in [1.54, 1.807) is 6.92 Å². The number of hydrogen-bond acceptors (Lipinski definition) is 4. The molecule has 0 bridgehead atoms. The van der Waals surface area contributed by atoms with Crippen LogP contribution in [0.4, 0.5) is 0 Å². The van der Waals surface area contributed by atoms with Gasteiger partial charge in [-0.05, 0) is 68.6 Å². The predicted octanol–water partition coefficient (Wildman–Crippen LogP) is 4.22. The second-order valence-electron chi connectivity index (χ2n) is 10.4. The van der Waals surface area contributed by atoms with E-state index in [-0.39, 0.29) is 34.8 Å². The molecule has 0 amide bonds. The van der Waals surface area contributed by atoms with Crippen molar-refractivity contribution in [2.75, 3.05) is 0 Å². The summed E-state index contributed by atoms with van der Waals surface area (Å²) in [4.78, 5) is 23.7. The van der Waals surface area contributed by atoms with Crippen LogP contribution >= 0.6 is 0 Å². The number of Topliss-reactive ketones (excluding diaryl/α,β-unsaturated/α-hetero) is 1. The highest BCUT2D eigenvalue weighted by Crippen LogP contribution is 2.72. The summed E-state index contributed by atoms with van der Waals surface area (Å²) in [6.45, 7) is 8.07. The molecular weight excluding hydrogens is 340 g/mol. The molecule has 4 nitrogen and oxygen atoms in total. The van der Waals surface area contributed by atoms with Gasteiger partial charge in [-0.3, -0.25) is 9.59 Å². The van der Waals surface area contributed by atoms with Crippen molar-refractivity contribution in [2.24, 2.45) is 28.6 Å². The van der Waals surface area contributed by atoms with Gasteiger partial charge in [0.15, 0.2) is 11.4 Å². The van der Waals surface area contributed by atoms with Crippen LogP contribution in [0, 0.1) is 28.6 Å². The number of esters is 1. The standard InChI is InChI=1S/C23H32O4/c1-13(24)23-12-19-17-6-5-15-11-16(26-14(2)25)7-9-21(15,3)18(17)8-10-22(19,4)20(23)27-23/h5,16-20H,6-12H2,1-4H3/t16-,17-,18+,19+,20+,21+,22-,23+/m1/s1. The minimum Gasteiger partial charge on any atom is -0.462 e. The van der Waals surface area contributed by atoms with E-state index in [4.69, 9.17) is 9.47 Å². The lowest BCUT2D eigenvalue weighted by Crippen LogP contribution is -2.51. The van der Waals surface area contributed by atoms with E-state index in [1.165, 1.54) is 25.3 Å². The van der Waals surface area contributed by atoms with Crippen LogP contribution in [0.3, 0.4) is 0 Å². The van der Waals surface area contributed by atoms with Crippen LogP contribution < -0.4 is 0 Å². The molecule has 4 fully saturated rings. The Labute approximate surface area is 162 Å². The van der Waals surface area contributed by atoms with Gasteiger partial charge in [0, 0.05) is 18.8 Å². The van der Waals surface area contributed by atoms with Gasteiger partial charge in [-0.1, -0.05) is 25.5 Å². The van der Waals surface area contributed by atoms with Crippen molar-refractivity contribution in [1.29, 1.82) is 0 Å². The molecule has 0 aromatic carbocycles. The summed E-state index contributed by atoms with van der Waals surface area (Å²) < 4.78 is 11.6. The number of ketones is 1. The molecule has 0 aromatic rings. The highest BCUT2D eigenvalue weighted by atomic mass is 16.6. The molecule has 0 aromatic heterocycles. The van der Waals surface area contributed by atoms with E-state index < -0.39 is 5.60 Å². The number of ether oxygens (including phenoxy) is 2. The first-order chi connectivity index (χ1) is 12.7. The van der Waals surface area contributed by atoms with Gasteiger partial charge >= 0.3 is 5.97 Å². The van der Waals surface area contributed by atoms with Gasteiger partial charge in [-0.15, -0.1) is 0 Å². The molecule has 1 saturated heterocycles. The monoisotopic (exact) mass is 372 g/mol. The normalized spacial score (nSPS) is 52.6. The lowest BCUT2D eigenvalue weighted by Gasteiger charge is -2.57. The number of fused-ring (bicyclic) bond motifs is 7. The zero-order valence-corrected chi connectivity index (χ0v) is 17.0. The van der Waals surface area contributed by atoms with Gasteiger partial charge in [0.1, 0.15) is 12.2 Å². The molecule has 3 saturated carbocycles. The van der Waals surface area contributed by atoms with Gasteiger partial charge in [-0.2, -0.15) is 0 Å². The van der Waals surface area contributed by atoms with Crippen molar-refractivity contribution in [3.8, 4) is 0 Å².